The van der Waals surface area contributed by atoms with Gasteiger partial charge in [-0.05, 0) is 40.5 Å². The molecule has 0 aliphatic rings. The van der Waals surface area contributed by atoms with Crippen LogP contribution in [0.25, 0.3) is 0 Å². The molecule has 92 valence electrons. The van der Waals surface area contributed by atoms with Gasteiger partial charge < -0.3 is 5.11 Å². The first-order chi connectivity index (χ1) is 8.60. The van der Waals surface area contributed by atoms with Crippen molar-refractivity contribution in [3.05, 3.63) is 51.8 Å². The largest absolute Gasteiger partial charge is 0.386 e. The summed E-state index contributed by atoms with van der Waals surface area (Å²) < 4.78 is 2.62. The Kier molecular flexibility index (Phi) is 3.80. The van der Waals surface area contributed by atoms with Crippen LogP contribution in [0.2, 0.25) is 0 Å². The highest BCUT2D eigenvalue weighted by atomic mass is 79.9. The molecule has 0 fully saturated rings. The van der Waals surface area contributed by atoms with E-state index in [2.05, 4.69) is 21.0 Å². The number of aliphatic hydroxyl groups excluding tert-OH is 1. The van der Waals surface area contributed by atoms with E-state index in [4.69, 9.17) is 5.26 Å². The first-order valence-corrected chi connectivity index (χ1v) is 6.27. The van der Waals surface area contributed by atoms with Gasteiger partial charge in [0, 0.05) is 6.20 Å². The molecule has 5 heteroatoms. The molecule has 0 aliphatic heterocycles. The van der Waals surface area contributed by atoms with Crippen LogP contribution in [-0.2, 0) is 6.54 Å². The van der Waals surface area contributed by atoms with Gasteiger partial charge in [0.05, 0.1) is 34.4 Å². The summed E-state index contributed by atoms with van der Waals surface area (Å²) in [6.45, 7) is 2.28. The molecular formula is C13H12BrN3O. The maximum absolute atomic E-state index is 10.1. The molecule has 1 N–H and O–H groups in total. The second-order valence-electron chi connectivity index (χ2n) is 4.03. The monoisotopic (exact) mass is 305 g/mol. The number of halogens is 1. The van der Waals surface area contributed by atoms with Crippen LogP contribution >= 0.6 is 15.9 Å². The van der Waals surface area contributed by atoms with Crippen LogP contribution in [0.3, 0.4) is 0 Å². The second kappa shape index (κ2) is 5.34. The topological polar surface area (TPSA) is 61.8 Å². The first-order valence-electron chi connectivity index (χ1n) is 5.48. The highest BCUT2D eigenvalue weighted by molar-refractivity contribution is 9.10. The van der Waals surface area contributed by atoms with Gasteiger partial charge in [-0.1, -0.05) is 12.1 Å². The maximum atomic E-state index is 10.1. The summed E-state index contributed by atoms with van der Waals surface area (Å²) in [5.41, 5.74) is 2.25. The molecule has 0 saturated carbocycles. The molecule has 0 radical (unpaired) electrons. The van der Waals surface area contributed by atoms with Crippen molar-refractivity contribution >= 4 is 15.9 Å². The van der Waals surface area contributed by atoms with Gasteiger partial charge in [-0.25, -0.2) is 0 Å². The van der Waals surface area contributed by atoms with Crippen molar-refractivity contribution in [2.75, 3.05) is 0 Å². The molecule has 1 atom stereocenters. The summed E-state index contributed by atoms with van der Waals surface area (Å²) in [4.78, 5) is 0. The van der Waals surface area contributed by atoms with Gasteiger partial charge in [-0.15, -0.1) is 0 Å². The van der Waals surface area contributed by atoms with E-state index in [-0.39, 0.29) is 0 Å². The fourth-order valence-corrected chi connectivity index (χ4v) is 1.97. The van der Waals surface area contributed by atoms with Gasteiger partial charge in [-0.2, -0.15) is 10.4 Å². The highest BCUT2D eigenvalue weighted by Gasteiger charge is 2.10. The third-order valence-corrected chi connectivity index (χ3v) is 3.45. The number of hydrogen-bond acceptors (Lipinski definition) is 3. The van der Waals surface area contributed by atoms with Crippen LogP contribution in [-0.4, -0.2) is 14.9 Å². The zero-order chi connectivity index (χ0) is 13.1. The zero-order valence-corrected chi connectivity index (χ0v) is 11.4. The molecule has 2 aromatic rings. The van der Waals surface area contributed by atoms with Gasteiger partial charge in [-0.3, -0.25) is 4.68 Å². The number of benzene rings is 1. The number of aromatic nitrogens is 2. The normalized spacial score (nSPS) is 12.1. The SMILES string of the molecule is Cc1nn(C[C@@H](O)c2ccc(C#N)cc2)cc1Br. The number of aryl methyl sites for hydroxylation is 1. The van der Waals surface area contributed by atoms with E-state index in [0.717, 1.165) is 15.7 Å². The molecule has 1 aromatic carbocycles. The Morgan fingerprint density at radius 1 is 1.44 bits per heavy atom. The third kappa shape index (κ3) is 2.78. The Morgan fingerprint density at radius 2 is 2.11 bits per heavy atom. The average Bonchev–Trinajstić information content (AvgIpc) is 2.68. The van der Waals surface area contributed by atoms with Crippen molar-refractivity contribution < 1.29 is 5.11 Å². The molecule has 1 heterocycles. The van der Waals surface area contributed by atoms with Gasteiger partial charge in [0.1, 0.15) is 0 Å². The molecule has 1 aromatic heterocycles. The second-order valence-corrected chi connectivity index (χ2v) is 4.89. The van der Waals surface area contributed by atoms with E-state index in [9.17, 15) is 5.11 Å². The highest BCUT2D eigenvalue weighted by Crippen LogP contribution is 2.18. The Morgan fingerprint density at radius 3 is 2.61 bits per heavy atom. The molecule has 4 nitrogen and oxygen atoms in total. The lowest BCUT2D eigenvalue weighted by Gasteiger charge is -2.10. The summed E-state index contributed by atoms with van der Waals surface area (Å²) in [6, 6.07) is 8.96. The summed E-state index contributed by atoms with van der Waals surface area (Å²) in [5.74, 6) is 0. The van der Waals surface area contributed by atoms with E-state index in [1.54, 1.807) is 28.9 Å². The zero-order valence-electron chi connectivity index (χ0n) is 9.84. The Balaban J connectivity index is 2.11. The minimum absolute atomic E-state index is 0.387. The van der Waals surface area contributed by atoms with Crippen LogP contribution in [0.15, 0.2) is 34.9 Å². The number of hydrogen-bond donors (Lipinski definition) is 1. The van der Waals surface area contributed by atoms with E-state index < -0.39 is 6.10 Å². The van der Waals surface area contributed by atoms with Crippen LogP contribution in [0.1, 0.15) is 22.9 Å². The van der Waals surface area contributed by atoms with Crippen molar-refractivity contribution in [2.24, 2.45) is 0 Å². The smallest absolute Gasteiger partial charge is 0.0991 e. The molecule has 18 heavy (non-hydrogen) atoms. The summed E-state index contributed by atoms with van der Waals surface area (Å²) >= 11 is 3.38. The average molecular weight is 306 g/mol. The molecular weight excluding hydrogens is 294 g/mol. The van der Waals surface area contributed by atoms with Gasteiger partial charge in [0.2, 0.25) is 0 Å². The molecule has 0 spiro atoms. The number of aliphatic hydroxyl groups is 1. The molecule has 0 bridgehead atoms. The molecule has 0 saturated heterocycles. The summed E-state index contributed by atoms with van der Waals surface area (Å²) in [7, 11) is 0. The predicted molar refractivity (Wildman–Crippen MR) is 70.8 cm³/mol. The number of nitriles is 1. The van der Waals surface area contributed by atoms with Crippen molar-refractivity contribution in [3.8, 4) is 6.07 Å². The van der Waals surface area contributed by atoms with Gasteiger partial charge in [0.25, 0.3) is 0 Å². The first kappa shape index (κ1) is 12.8. The number of nitrogens with zero attached hydrogens (tertiary/aromatic N) is 3. The standard InChI is InChI=1S/C13H12BrN3O/c1-9-12(14)7-17(16-9)8-13(18)11-4-2-10(6-15)3-5-11/h2-5,7,13,18H,8H2,1H3/t13-/m1/s1. The van der Waals surface area contributed by atoms with Crippen molar-refractivity contribution in [1.29, 1.82) is 5.26 Å². The summed E-state index contributed by atoms with van der Waals surface area (Å²) in [6.07, 6.45) is 1.20. The van der Waals surface area contributed by atoms with Crippen LogP contribution in [0.4, 0.5) is 0 Å². The van der Waals surface area contributed by atoms with Crippen molar-refractivity contribution in [2.45, 2.75) is 19.6 Å². The predicted octanol–water partition coefficient (Wildman–Crippen LogP) is 2.56. The van der Waals surface area contributed by atoms with E-state index >= 15 is 0 Å². The van der Waals surface area contributed by atoms with Crippen LogP contribution in [0, 0.1) is 18.3 Å². The van der Waals surface area contributed by atoms with Crippen molar-refractivity contribution in [3.63, 3.8) is 0 Å². The van der Waals surface area contributed by atoms with E-state index in [1.807, 2.05) is 19.2 Å². The minimum Gasteiger partial charge on any atom is -0.386 e. The molecule has 0 aliphatic carbocycles. The lowest BCUT2D eigenvalue weighted by Crippen LogP contribution is -2.09. The minimum atomic E-state index is -0.635. The fourth-order valence-electron chi connectivity index (χ4n) is 1.65. The van der Waals surface area contributed by atoms with Gasteiger partial charge >= 0.3 is 0 Å². The number of rotatable bonds is 3. The van der Waals surface area contributed by atoms with Crippen molar-refractivity contribution in [1.82, 2.24) is 9.78 Å². The quantitative estimate of drug-likeness (QED) is 0.948. The lowest BCUT2D eigenvalue weighted by atomic mass is 10.1. The Labute approximate surface area is 114 Å². The van der Waals surface area contributed by atoms with E-state index in [0.29, 0.717) is 12.1 Å². The maximum Gasteiger partial charge on any atom is 0.0991 e. The van der Waals surface area contributed by atoms with Gasteiger partial charge in [0.15, 0.2) is 0 Å². The third-order valence-electron chi connectivity index (χ3n) is 2.67. The Bertz CT molecular complexity index is 564. The molecule has 2 rings (SSSR count). The fraction of sp³-hybridized carbons (Fsp3) is 0.231. The molecule has 0 unspecified atom stereocenters. The lowest BCUT2D eigenvalue weighted by molar-refractivity contribution is 0.151. The van der Waals surface area contributed by atoms with Crippen LogP contribution < -0.4 is 0 Å². The van der Waals surface area contributed by atoms with E-state index in [1.165, 1.54) is 0 Å². The Hall–Kier alpha value is -1.64. The summed E-state index contributed by atoms with van der Waals surface area (Å²) in [5, 5.41) is 23.0. The molecule has 0 amide bonds. The van der Waals surface area contributed by atoms with Crippen LogP contribution in [0.5, 0.6) is 0 Å².